The molecule has 1 aliphatic carbocycles. The van der Waals surface area contributed by atoms with E-state index in [0.717, 1.165) is 24.2 Å². The van der Waals surface area contributed by atoms with Gasteiger partial charge in [-0.15, -0.1) is 0 Å². The van der Waals surface area contributed by atoms with Crippen LogP contribution in [-0.4, -0.2) is 57.3 Å². The predicted molar refractivity (Wildman–Crippen MR) is 103 cm³/mol. The van der Waals surface area contributed by atoms with Gasteiger partial charge in [-0.05, 0) is 37.1 Å². The minimum Gasteiger partial charge on any atom is -0.389 e. The highest BCUT2D eigenvalue weighted by atomic mass is 16.5. The van der Waals surface area contributed by atoms with Crippen molar-refractivity contribution < 1.29 is 14.6 Å². The van der Waals surface area contributed by atoms with Gasteiger partial charge in [-0.3, -0.25) is 19.7 Å². The molecule has 1 saturated carbocycles. The number of hydrogen-bond donors (Lipinski definition) is 2. The van der Waals surface area contributed by atoms with E-state index in [9.17, 15) is 9.90 Å². The molecule has 28 heavy (non-hydrogen) atoms. The molecular weight excluding hydrogens is 356 g/mol. The largest absolute Gasteiger partial charge is 0.389 e. The van der Waals surface area contributed by atoms with Crippen molar-refractivity contribution in [3.05, 3.63) is 60.2 Å². The number of pyridine rings is 2. The first kappa shape index (κ1) is 19.0. The van der Waals surface area contributed by atoms with Crippen LogP contribution in [0.3, 0.4) is 0 Å². The van der Waals surface area contributed by atoms with Crippen LogP contribution in [0.1, 0.15) is 24.2 Å². The fourth-order valence-electron chi connectivity index (χ4n) is 3.55. The summed E-state index contributed by atoms with van der Waals surface area (Å²) < 4.78 is 5.84. The average Bonchev–Trinajstić information content (AvgIpc) is 3.51. The zero-order valence-electron chi connectivity index (χ0n) is 15.8. The van der Waals surface area contributed by atoms with Crippen LogP contribution >= 0.6 is 0 Å². The first-order valence-electron chi connectivity index (χ1n) is 9.82. The van der Waals surface area contributed by atoms with E-state index >= 15 is 0 Å². The Morgan fingerprint density at radius 3 is 2.29 bits per heavy atom. The molecule has 2 aliphatic rings. The van der Waals surface area contributed by atoms with Gasteiger partial charge in [-0.2, -0.15) is 0 Å². The summed E-state index contributed by atoms with van der Waals surface area (Å²) in [5.74, 6) is 0.220. The van der Waals surface area contributed by atoms with Crippen molar-refractivity contribution in [3.63, 3.8) is 0 Å². The zero-order chi connectivity index (χ0) is 19.3. The summed E-state index contributed by atoms with van der Waals surface area (Å²) in [6.45, 7) is 1.92. The fraction of sp³-hybridized carbons (Fsp3) is 0.476. The molecule has 3 atom stereocenters. The minimum atomic E-state index is -0.688. The third-order valence-corrected chi connectivity index (χ3v) is 5.33. The standard InChI is InChI=1S/C21H26N4O3/c26-20-18(14-28-19(20)11-24-21(27)15-7-8-15)25(12-16-5-1-3-9-22-16)13-17-6-2-4-10-23-17/h1-6,9-10,15,18-20,26H,7-8,11-14H2,(H,24,27)/t18-,19-,20+/m1/s1. The van der Waals surface area contributed by atoms with Gasteiger partial charge in [0.05, 0.1) is 30.1 Å². The number of carbonyl (C=O) groups is 1. The van der Waals surface area contributed by atoms with Crippen molar-refractivity contribution in [2.75, 3.05) is 13.2 Å². The van der Waals surface area contributed by atoms with Gasteiger partial charge in [0.2, 0.25) is 5.91 Å². The van der Waals surface area contributed by atoms with Gasteiger partial charge in [-0.1, -0.05) is 12.1 Å². The van der Waals surface area contributed by atoms with E-state index in [4.69, 9.17) is 4.74 Å². The smallest absolute Gasteiger partial charge is 0.223 e. The maximum absolute atomic E-state index is 11.9. The number of nitrogens with zero attached hydrogens (tertiary/aromatic N) is 3. The van der Waals surface area contributed by atoms with Crippen LogP contribution in [0, 0.1) is 5.92 Å². The van der Waals surface area contributed by atoms with Gasteiger partial charge < -0.3 is 15.2 Å². The monoisotopic (exact) mass is 382 g/mol. The SMILES string of the molecule is O=C(NC[C@H]1OC[C@@H](N(Cc2ccccn2)Cc2ccccn2)[C@@H]1O)C1CC1. The van der Waals surface area contributed by atoms with Crippen LogP contribution in [0.5, 0.6) is 0 Å². The van der Waals surface area contributed by atoms with Crippen molar-refractivity contribution >= 4 is 5.91 Å². The summed E-state index contributed by atoms with van der Waals surface area (Å²) in [4.78, 5) is 22.9. The molecule has 4 rings (SSSR count). The van der Waals surface area contributed by atoms with Crippen molar-refractivity contribution in [1.82, 2.24) is 20.2 Å². The molecule has 1 amide bonds. The summed E-state index contributed by atoms with van der Waals surface area (Å²) in [5.41, 5.74) is 1.85. The van der Waals surface area contributed by atoms with E-state index in [1.54, 1.807) is 12.4 Å². The van der Waals surface area contributed by atoms with E-state index < -0.39 is 12.2 Å². The Labute approximate surface area is 164 Å². The number of hydrogen-bond acceptors (Lipinski definition) is 6. The maximum Gasteiger partial charge on any atom is 0.223 e. The Morgan fingerprint density at radius 1 is 1.11 bits per heavy atom. The molecule has 2 fully saturated rings. The summed E-state index contributed by atoms with van der Waals surface area (Å²) >= 11 is 0. The number of ether oxygens (including phenoxy) is 1. The Kier molecular flexibility index (Phi) is 5.95. The molecule has 3 heterocycles. The second-order valence-electron chi connectivity index (χ2n) is 7.50. The Morgan fingerprint density at radius 2 is 1.75 bits per heavy atom. The Balaban J connectivity index is 1.43. The third-order valence-electron chi connectivity index (χ3n) is 5.33. The third kappa shape index (κ3) is 4.73. The molecule has 1 saturated heterocycles. The highest BCUT2D eigenvalue weighted by molar-refractivity contribution is 5.80. The first-order chi connectivity index (χ1) is 13.7. The van der Waals surface area contributed by atoms with E-state index in [1.807, 2.05) is 36.4 Å². The fourth-order valence-corrected chi connectivity index (χ4v) is 3.55. The average molecular weight is 382 g/mol. The molecule has 148 valence electrons. The highest BCUT2D eigenvalue weighted by Crippen LogP contribution is 2.29. The summed E-state index contributed by atoms with van der Waals surface area (Å²) in [6, 6.07) is 11.4. The summed E-state index contributed by atoms with van der Waals surface area (Å²) in [6.07, 6.45) is 4.38. The Bertz CT molecular complexity index is 728. The quantitative estimate of drug-likeness (QED) is 0.712. The van der Waals surface area contributed by atoms with Gasteiger partial charge in [0.1, 0.15) is 6.10 Å². The number of rotatable bonds is 8. The lowest BCUT2D eigenvalue weighted by Crippen LogP contribution is -2.46. The van der Waals surface area contributed by atoms with Crippen LogP contribution in [0.25, 0.3) is 0 Å². The van der Waals surface area contributed by atoms with Gasteiger partial charge in [0, 0.05) is 37.9 Å². The Hall–Kier alpha value is -2.35. The molecule has 2 N–H and O–H groups in total. The second-order valence-corrected chi connectivity index (χ2v) is 7.50. The van der Waals surface area contributed by atoms with Gasteiger partial charge in [0.15, 0.2) is 0 Å². The van der Waals surface area contributed by atoms with Crippen molar-refractivity contribution in [3.8, 4) is 0 Å². The summed E-state index contributed by atoms with van der Waals surface area (Å²) in [7, 11) is 0. The molecule has 1 aliphatic heterocycles. The van der Waals surface area contributed by atoms with E-state index in [2.05, 4.69) is 20.2 Å². The number of aliphatic hydroxyl groups is 1. The van der Waals surface area contributed by atoms with Crippen LogP contribution in [0.4, 0.5) is 0 Å². The van der Waals surface area contributed by atoms with Gasteiger partial charge in [-0.25, -0.2) is 0 Å². The number of carbonyl (C=O) groups excluding carboxylic acids is 1. The molecule has 0 bridgehead atoms. The number of amides is 1. The summed E-state index contributed by atoms with van der Waals surface area (Å²) in [5, 5.41) is 13.8. The van der Waals surface area contributed by atoms with Gasteiger partial charge >= 0.3 is 0 Å². The lowest BCUT2D eigenvalue weighted by Gasteiger charge is -2.30. The lowest BCUT2D eigenvalue weighted by molar-refractivity contribution is -0.123. The van der Waals surface area contributed by atoms with Crippen LogP contribution < -0.4 is 5.32 Å². The first-order valence-corrected chi connectivity index (χ1v) is 9.82. The predicted octanol–water partition coefficient (Wildman–Crippen LogP) is 1.13. The van der Waals surface area contributed by atoms with Crippen molar-refractivity contribution in [1.29, 1.82) is 0 Å². The van der Waals surface area contributed by atoms with Crippen LogP contribution in [0.2, 0.25) is 0 Å². The minimum absolute atomic E-state index is 0.0677. The highest BCUT2D eigenvalue weighted by Gasteiger charge is 2.40. The lowest BCUT2D eigenvalue weighted by atomic mass is 10.1. The number of nitrogens with one attached hydrogen (secondary N) is 1. The van der Waals surface area contributed by atoms with E-state index in [0.29, 0.717) is 26.2 Å². The topological polar surface area (TPSA) is 87.6 Å². The molecular formula is C21H26N4O3. The van der Waals surface area contributed by atoms with Crippen molar-refractivity contribution in [2.24, 2.45) is 5.92 Å². The maximum atomic E-state index is 11.9. The molecule has 0 unspecified atom stereocenters. The molecule has 0 aromatic carbocycles. The molecule has 2 aromatic heterocycles. The normalized spacial score (nSPS) is 24.4. The van der Waals surface area contributed by atoms with Crippen molar-refractivity contribution in [2.45, 2.75) is 44.2 Å². The zero-order valence-corrected chi connectivity index (χ0v) is 15.8. The number of aliphatic hydroxyl groups excluding tert-OH is 1. The van der Waals surface area contributed by atoms with Crippen LogP contribution in [0.15, 0.2) is 48.8 Å². The molecule has 2 aromatic rings. The number of aromatic nitrogens is 2. The molecule has 7 nitrogen and oxygen atoms in total. The van der Waals surface area contributed by atoms with E-state index in [1.165, 1.54) is 0 Å². The van der Waals surface area contributed by atoms with Crippen LogP contribution in [-0.2, 0) is 22.6 Å². The van der Waals surface area contributed by atoms with E-state index in [-0.39, 0.29) is 17.9 Å². The molecule has 7 heteroatoms. The second kappa shape index (κ2) is 8.77. The molecule has 0 spiro atoms. The molecule has 0 radical (unpaired) electrons. The van der Waals surface area contributed by atoms with Gasteiger partial charge in [0.25, 0.3) is 0 Å².